The van der Waals surface area contributed by atoms with E-state index in [4.69, 9.17) is 11.6 Å². The molecule has 102 valence electrons. The summed E-state index contributed by atoms with van der Waals surface area (Å²) < 4.78 is 13.3. The van der Waals surface area contributed by atoms with E-state index in [0.717, 1.165) is 11.3 Å². The molecule has 5 heteroatoms. The molecule has 0 fully saturated rings. The van der Waals surface area contributed by atoms with Crippen LogP contribution in [0.5, 0.6) is 0 Å². The van der Waals surface area contributed by atoms with Crippen molar-refractivity contribution >= 4 is 28.9 Å². The zero-order chi connectivity index (χ0) is 14.3. The highest BCUT2D eigenvalue weighted by Crippen LogP contribution is 2.34. The molecule has 1 unspecified atom stereocenters. The van der Waals surface area contributed by atoms with Gasteiger partial charge in [-0.3, -0.25) is 4.79 Å². The molecular formula is C15H12ClFN2O. The number of benzene rings is 2. The molecule has 0 saturated heterocycles. The normalized spacial score (nSPS) is 16.8. The van der Waals surface area contributed by atoms with Gasteiger partial charge in [-0.2, -0.15) is 0 Å². The SMILES string of the molecule is Cc1ccc(NC2C(=O)Nc3ccc(F)cc32)cc1Cl. The van der Waals surface area contributed by atoms with Gasteiger partial charge in [-0.25, -0.2) is 4.39 Å². The Bertz CT molecular complexity index is 702. The minimum absolute atomic E-state index is 0.206. The lowest BCUT2D eigenvalue weighted by atomic mass is 10.1. The van der Waals surface area contributed by atoms with Crippen LogP contribution in [0.3, 0.4) is 0 Å². The quantitative estimate of drug-likeness (QED) is 0.881. The highest BCUT2D eigenvalue weighted by molar-refractivity contribution is 6.31. The molecular weight excluding hydrogens is 279 g/mol. The van der Waals surface area contributed by atoms with Gasteiger partial charge in [0.05, 0.1) is 0 Å². The van der Waals surface area contributed by atoms with Gasteiger partial charge in [0.15, 0.2) is 0 Å². The van der Waals surface area contributed by atoms with Crippen molar-refractivity contribution < 1.29 is 9.18 Å². The third-order valence-corrected chi connectivity index (χ3v) is 3.73. The van der Waals surface area contributed by atoms with Crippen molar-refractivity contribution in [3.8, 4) is 0 Å². The van der Waals surface area contributed by atoms with Gasteiger partial charge in [-0.15, -0.1) is 0 Å². The van der Waals surface area contributed by atoms with Crippen molar-refractivity contribution in [2.24, 2.45) is 0 Å². The molecule has 1 atom stereocenters. The summed E-state index contributed by atoms with van der Waals surface area (Å²) in [6, 6.07) is 9.09. The van der Waals surface area contributed by atoms with Crippen molar-refractivity contribution in [2.45, 2.75) is 13.0 Å². The predicted octanol–water partition coefficient (Wildman–Crippen LogP) is 3.89. The Morgan fingerprint density at radius 3 is 2.80 bits per heavy atom. The molecule has 0 aliphatic carbocycles. The van der Waals surface area contributed by atoms with Gasteiger partial charge in [0, 0.05) is 22.0 Å². The summed E-state index contributed by atoms with van der Waals surface area (Å²) in [5.41, 5.74) is 2.91. The van der Waals surface area contributed by atoms with Crippen LogP contribution in [-0.2, 0) is 4.79 Å². The Balaban J connectivity index is 1.93. The molecule has 0 radical (unpaired) electrons. The van der Waals surface area contributed by atoms with Gasteiger partial charge in [0.1, 0.15) is 11.9 Å². The first kappa shape index (κ1) is 12.9. The number of hydrogen-bond donors (Lipinski definition) is 2. The summed E-state index contributed by atoms with van der Waals surface area (Å²) in [6.45, 7) is 1.90. The van der Waals surface area contributed by atoms with Crippen LogP contribution in [0, 0.1) is 12.7 Å². The predicted molar refractivity (Wildman–Crippen MR) is 77.6 cm³/mol. The van der Waals surface area contributed by atoms with E-state index in [0.29, 0.717) is 16.3 Å². The minimum Gasteiger partial charge on any atom is -0.370 e. The number of nitrogens with one attached hydrogen (secondary N) is 2. The zero-order valence-corrected chi connectivity index (χ0v) is 11.5. The number of halogens is 2. The summed E-state index contributed by atoms with van der Waals surface area (Å²) in [5, 5.41) is 6.42. The van der Waals surface area contributed by atoms with E-state index in [9.17, 15) is 9.18 Å². The van der Waals surface area contributed by atoms with Gasteiger partial charge < -0.3 is 10.6 Å². The Morgan fingerprint density at radius 1 is 1.25 bits per heavy atom. The molecule has 0 saturated carbocycles. The van der Waals surface area contributed by atoms with E-state index in [-0.39, 0.29) is 11.7 Å². The molecule has 2 N–H and O–H groups in total. The molecule has 2 aromatic carbocycles. The van der Waals surface area contributed by atoms with Crippen molar-refractivity contribution in [3.05, 3.63) is 58.4 Å². The average molecular weight is 291 g/mol. The second-order valence-corrected chi connectivity index (χ2v) is 5.17. The lowest BCUT2D eigenvalue weighted by Crippen LogP contribution is -2.19. The maximum Gasteiger partial charge on any atom is 0.251 e. The number of carbonyl (C=O) groups is 1. The Labute approximate surface area is 120 Å². The molecule has 2 aromatic rings. The maximum absolute atomic E-state index is 13.3. The smallest absolute Gasteiger partial charge is 0.251 e. The molecule has 3 nitrogen and oxygen atoms in total. The van der Waals surface area contributed by atoms with Gasteiger partial charge >= 0.3 is 0 Å². The molecule has 1 aliphatic heterocycles. The van der Waals surface area contributed by atoms with Crippen LogP contribution < -0.4 is 10.6 Å². The van der Waals surface area contributed by atoms with E-state index in [1.54, 1.807) is 12.1 Å². The fourth-order valence-electron chi connectivity index (χ4n) is 2.22. The van der Waals surface area contributed by atoms with Crippen LogP contribution in [0.1, 0.15) is 17.2 Å². The van der Waals surface area contributed by atoms with Crippen molar-refractivity contribution in [3.63, 3.8) is 0 Å². The number of amides is 1. The number of rotatable bonds is 2. The van der Waals surface area contributed by atoms with Crippen LogP contribution in [0.25, 0.3) is 0 Å². The van der Waals surface area contributed by atoms with Gasteiger partial charge in [0.25, 0.3) is 5.91 Å². The zero-order valence-electron chi connectivity index (χ0n) is 10.7. The largest absolute Gasteiger partial charge is 0.370 e. The first-order valence-corrected chi connectivity index (χ1v) is 6.55. The van der Waals surface area contributed by atoms with Gasteiger partial charge in [-0.1, -0.05) is 17.7 Å². The van der Waals surface area contributed by atoms with Crippen molar-refractivity contribution in [1.29, 1.82) is 0 Å². The standard InChI is InChI=1S/C15H12ClFN2O/c1-8-2-4-10(7-12(8)16)18-14-11-6-9(17)3-5-13(11)19-15(14)20/h2-7,14,18H,1H3,(H,19,20). The fraction of sp³-hybridized carbons (Fsp3) is 0.133. The van der Waals surface area contributed by atoms with E-state index >= 15 is 0 Å². The summed E-state index contributed by atoms with van der Waals surface area (Å²) in [4.78, 5) is 12.0. The number of fused-ring (bicyclic) bond motifs is 1. The first-order chi connectivity index (χ1) is 9.54. The highest BCUT2D eigenvalue weighted by Gasteiger charge is 2.30. The van der Waals surface area contributed by atoms with Gasteiger partial charge in [-0.05, 0) is 42.8 Å². The second kappa shape index (κ2) is 4.80. The van der Waals surface area contributed by atoms with Crippen LogP contribution >= 0.6 is 11.6 Å². The summed E-state index contributed by atoms with van der Waals surface area (Å²) in [7, 11) is 0. The lowest BCUT2D eigenvalue weighted by molar-refractivity contribution is -0.116. The van der Waals surface area contributed by atoms with Crippen LogP contribution in [0.15, 0.2) is 36.4 Å². The molecule has 1 heterocycles. The summed E-state index contributed by atoms with van der Waals surface area (Å²) in [5.74, 6) is -0.573. The monoisotopic (exact) mass is 290 g/mol. The third kappa shape index (κ3) is 2.23. The number of anilines is 2. The minimum atomic E-state index is -0.612. The number of aryl methyl sites for hydroxylation is 1. The average Bonchev–Trinajstić information content (AvgIpc) is 2.70. The molecule has 0 aromatic heterocycles. The lowest BCUT2D eigenvalue weighted by Gasteiger charge is -2.14. The van der Waals surface area contributed by atoms with Gasteiger partial charge in [0.2, 0.25) is 0 Å². The third-order valence-electron chi connectivity index (χ3n) is 3.33. The van der Waals surface area contributed by atoms with E-state index in [2.05, 4.69) is 10.6 Å². The second-order valence-electron chi connectivity index (χ2n) is 4.76. The number of hydrogen-bond acceptors (Lipinski definition) is 2. The molecule has 20 heavy (non-hydrogen) atoms. The first-order valence-electron chi connectivity index (χ1n) is 6.17. The van der Waals surface area contributed by atoms with Crippen LogP contribution in [0.2, 0.25) is 5.02 Å². The maximum atomic E-state index is 13.3. The Morgan fingerprint density at radius 2 is 2.05 bits per heavy atom. The summed E-state index contributed by atoms with van der Waals surface area (Å²) >= 11 is 6.06. The van der Waals surface area contributed by atoms with E-state index in [1.165, 1.54) is 12.1 Å². The molecule has 0 bridgehead atoms. The Hall–Kier alpha value is -2.07. The molecule has 1 amide bonds. The fourth-order valence-corrected chi connectivity index (χ4v) is 2.41. The topological polar surface area (TPSA) is 41.1 Å². The molecule has 1 aliphatic rings. The van der Waals surface area contributed by atoms with Crippen LogP contribution in [-0.4, -0.2) is 5.91 Å². The van der Waals surface area contributed by atoms with E-state index in [1.807, 2.05) is 19.1 Å². The molecule has 3 rings (SSSR count). The Kier molecular flexibility index (Phi) is 3.10. The molecule has 0 spiro atoms. The van der Waals surface area contributed by atoms with Crippen molar-refractivity contribution in [2.75, 3.05) is 10.6 Å². The van der Waals surface area contributed by atoms with Crippen LogP contribution in [0.4, 0.5) is 15.8 Å². The number of carbonyl (C=O) groups excluding carboxylic acids is 1. The van der Waals surface area contributed by atoms with E-state index < -0.39 is 6.04 Å². The van der Waals surface area contributed by atoms with Crippen molar-refractivity contribution in [1.82, 2.24) is 0 Å². The highest BCUT2D eigenvalue weighted by atomic mass is 35.5. The summed E-state index contributed by atoms with van der Waals surface area (Å²) in [6.07, 6.45) is 0.